The Labute approximate surface area is 83.9 Å². The third-order valence-electron chi connectivity index (χ3n) is 2.60. The van der Waals surface area contributed by atoms with Crippen molar-refractivity contribution in [3.63, 3.8) is 0 Å². The molecule has 0 unspecified atom stereocenters. The summed E-state index contributed by atoms with van der Waals surface area (Å²) in [5.74, 6) is 1.49. The number of fused-ring (bicyclic) bond motifs is 1. The Hall–Kier alpha value is -1.16. The number of nitrogens with one attached hydrogen (secondary N) is 1. The van der Waals surface area contributed by atoms with Crippen molar-refractivity contribution in [3.05, 3.63) is 17.1 Å². The maximum absolute atomic E-state index is 5.89. The molecular weight excluding hydrogens is 176 g/mol. The lowest BCUT2D eigenvalue weighted by atomic mass is 9.96. The minimum Gasteiger partial charge on any atom is -0.383 e. The second-order valence-electron chi connectivity index (χ2n) is 3.69. The molecule has 1 aromatic rings. The predicted molar refractivity (Wildman–Crippen MR) is 55.9 cm³/mol. The van der Waals surface area contributed by atoms with Crippen LogP contribution in [0.15, 0.2) is 0 Å². The lowest BCUT2D eigenvalue weighted by Crippen LogP contribution is -2.16. The van der Waals surface area contributed by atoms with Gasteiger partial charge in [0.15, 0.2) is 0 Å². The van der Waals surface area contributed by atoms with Crippen LogP contribution in [0.1, 0.15) is 29.9 Å². The van der Waals surface area contributed by atoms with E-state index in [0.717, 1.165) is 24.4 Å². The highest BCUT2D eigenvalue weighted by Gasteiger charge is 2.15. The van der Waals surface area contributed by atoms with Gasteiger partial charge in [-0.15, -0.1) is 0 Å². The molecule has 0 bridgehead atoms. The van der Waals surface area contributed by atoms with Crippen molar-refractivity contribution in [1.29, 1.82) is 0 Å². The fraction of sp³-hybridized carbons (Fsp3) is 0.600. The zero-order valence-corrected chi connectivity index (χ0v) is 8.51. The van der Waals surface area contributed by atoms with Crippen molar-refractivity contribution in [2.24, 2.45) is 0 Å². The van der Waals surface area contributed by atoms with Gasteiger partial charge in [0, 0.05) is 11.3 Å². The van der Waals surface area contributed by atoms with Crippen LogP contribution in [0.5, 0.6) is 0 Å². The summed E-state index contributed by atoms with van der Waals surface area (Å²) in [5, 5.41) is 3.04. The Kier molecular flexibility index (Phi) is 2.63. The number of nitrogens with zero attached hydrogens (tertiary/aromatic N) is 2. The predicted octanol–water partition coefficient (Wildman–Crippen LogP) is 0.657. The van der Waals surface area contributed by atoms with Crippen LogP contribution in [0.3, 0.4) is 0 Å². The second-order valence-corrected chi connectivity index (χ2v) is 3.69. The third-order valence-corrected chi connectivity index (χ3v) is 2.60. The average Bonchev–Trinajstić information content (AvgIpc) is 2.18. The van der Waals surface area contributed by atoms with E-state index in [-0.39, 0.29) is 0 Å². The second kappa shape index (κ2) is 3.92. The molecule has 14 heavy (non-hydrogen) atoms. The maximum Gasteiger partial charge on any atom is 0.144 e. The van der Waals surface area contributed by atoms with E-state index in [9.17, 15) is 0 Å². The number of hydrogen-bond acceptors (Lipinski definition) is 4. The Morgan fingerprint density at radius 2 is 2.07 bits per heavy atom. The van der Waals surface area contributed by atoms with Crippen LogP contribution < -0.4 is 11.1 Å². The summed E-state index contributed by atoms with van der Waals surface area (Å²) in [6.45, 7) is 0.692. The highest BCUT2D eigenvalue weighted by atomic mass is 15.0. The molecule has 76 valence electrons. The van der Waals surface area contributed by atoms with Gasteiger partial charge in [0.05, 0.1) is 6.54 Å². The minimum atomic E-state index is 0.681. The first-order valence-corrected chi connectivity index (χ1v) is 5.10. The molecule has 1 heterocycles. The van der Waals surface area contributed by atoms with Crippen LogP contribution in [0, 0.1) is 0 Å². The van der Waals surface area contributed by atoms with Crippen LogP contribution in [0.25, 0.3) is 0 Å². The summed E-state index contributed by atoms with van der Waals surface area (Å²) in [5.41, 5.74) is 8.23. The van der Waals surface area contributed by atoms with Crippen molar-refractivity contribution < 1.29 is 0 Å². The van der Waals surface area contributed by atoms with E-state index in [0.29, 0.717) is 12.4 Å². The van der Waals surface area contributed by atoms with Crippen LogP contribution in [0.4, 0.5) is 5.82 Å². The number of anilines is 1. The van der Waals surface area contributed by atoms with Crippen molar-refractivity contribution in [2.75, 3.05) is 12.8 Å². The number of nitrogens with two attached hydrogens (primary N) is 1. The van der Waals surface area contributed by atoms with Gasteiger partial charge in [-0.3, -0.25) is 0 Å². The van der Waals surface area contributed by atoms with Crippen molar-refractivity contribution >= 4 is 5.82 Å². The Morgan fingerprint density at radius 3 is 2.86 bits per heavy atom. The van der Waals surface area contributed by atoms with Gasteiger partial charge in [0.25, 0.3) is 0 Å². The van der Waals surface area contributed by atoms with Gasteiger partial charge >= 0.3 is 0 Å². The minimum absolute atomic E-state index is 0.681. The molecule has 0 atom stereocenters. The Morgan fingerprint density at radius 1 is 1.29 bits per heavy atom. The topological polar surface area (TPSA) is 63.8 Å². The quantitative estimate of drug-likeness (QED) is 0.722. The van der Waals surface area contributed by atoms with Crippen LogP contribution in [-0.2, 0) is 19.4 Å². The molecule has 1 aromatic heterocycles. The van der Waals surface area contributed by atoms with E-state index in [2.05, 4.69) is 15.3 Å². The molecular formula is C10H16N4. The molecule has 0 aliphatic heterocycles. The fourth-order valence-corrected chi connectivity index (χ4v) is 1.91. The number of aromatic nitrogens is 2. The van der Waals surface area contributed by atoms with E-state index in [1.807, 2.05) is 7.05 Å². The monoisotopic (exact) mass is 192 g/mol. The molecule has 0 aromatic carbocycles. The highest BCUT2D eigenvalue weighted by molar-refractivity contribution is 5.43. The SMILES string of the molecule is CNCc1nc(N)c2c(n1)CCCC2. The van der Waals surface area contributed by atoms with E-state index >= 15 is 0 Å². The van der Waals surface area contributed by atoms with Crippen molar-refractivity contribution in [3.8, 4) is 0 Å². The van der Waals surface area contributed by atoms with Gasteiger partial charge in [0.1, 0.15) is 11.6 Å². The average molecular weight is 192 g/mol. The summed E-state index contributed by atoms with van der Waals surface area (Å²) >= 11 is 0. The normalized spacial score (nSPS) is 15.2. The zero-order chi connectivity index (χ0) is 9.97. The van der Waals surface area contributed by atoms with Gasteiger partial charge in [-0.05, 0) is 32.7 Å². The van der Waals surface area contributed by atoms with Crippen LogP contribution in [-0.4, -0.2) is 17.0 Å². The molecule has 0 fully saturated rings. The maximum atomic E-state index is 5.89. The fourth-order valence-electron chi connectivity index (χ4n) is 1.91. The first kappa shape index (κ1) is 9.40. The standard InChI is InChI=1S/C10H16N4/c1-12-6-9-13-8-5-3-2-4-7(8)10(11)14-9/h12H,2-6H2,1H3,(H2,11,13,14). The lowest BCUT2D eigenvalue weighted by molar-refractivity contribution is 0.648. The van der Waals surface area contributed by atoms with Gasteiger partial charge in [0.2, 0.25) is 0 Å². The van der Waals surface area contributed by atoms with Crippen LogP contribution >= 0.6 is 0 Å². The molecule has 4 heteroatoms. The van der Waals surface area contributed by atoms with Gasteiger partial charge < -0.3 is 11.1 Å². The largest absolute Gasteiger partial charge is 0.383 e. The molecule has 0 spiro atoms. The van der Waals surface area contributed by atoms with E-state index < -0.39 is 0 Å². The molecule has 0 amide bonds. The van der Waals surface area contributed by atoms with E-state index in [1.54, 1.807) is 0 Å². The number of nitrogen functional groups attached to an aromatic ring is 1. The molecule has 3 N–H and O–H groups in total. The summed E-state index contributed by atoms with van der Waals surface area (Å²) < 4.78 is 0. The molecule has 0 saturated heterocycles. The number of hydrogen-bond donors (Lipinski definition) is 2. The summed E-state index contributed by atoms with van der Waals surface area (Å²) in [6, 6.07) is 0. The van der Waals surface area contributed by atoms with Gasteiger partial charge in [-0.25, -0.2) is 9.97 Å². The summed E-state index contributed by atoms with van der Waals surface area (Å²) in [7, 11) is 1.89. The van der Waals surface area contributed by atoms with E-state index in [4.69, 9.17) is 5.73 Å². The Balaban J connectivity index is 2.36. The summed E-state index contributed by atoms with van der Waals surface area (Å²) in [6.07, 6.45) is 4.54. The van der Waals surface area contributed by atoms with Gasteiger partial charge in [-0.2, -0.15) is 0 Å². The van der Waals surface area contributed by atoms with E-state index in [1.165, 1.54) is 18.4 Å². The smallest absolute Gasteiger partial charge is 0.144 e. The molecule has 0 saturated carbocycles. The number of rotatable bonds is 2. The third kappa shape index (κ3) is 1.70. The molecule has 1 aliphatic rings. The van der Waals surface area contributed by atoms with Crippen molar-refractivity contribution in [1.82, 2.24) is 15.3 Å². The lowest BCUT2D eigenvalue weighted by Gasteiger charge is -2.16. The summed E-state index contributed by atoms with van der Waals surface area (Å²) in [4.78, 5) is 8.79. The van der Waals surface area contributed by atoms with Crippen LogP contribution in [0.2, 0.25) is 0 Å². The molecule has 4 nitrogen and oxygen atoms in total. The molecule has 2 rings (SSSR count). The zero-order valence-electron chi connectivity index (χ0n) is 8.51. The first-order chi connectivity index (χ1) is 6.81. The Bertz CT molecular complexity index is 335. The van der Waals surface area contributed by atoms with Gasteiger partial charge in [-0.1, -0.05) is 0 Å². The molecule has 0 radical (unpaired) electrons. The first-order valence-electron chi connectivity index (χ1n) is 5.10. The molecule has 1 aliphatic carbocycles. The highest BCUT2D eigenvalue weighted by Crippen LogP contribution is 2.23. The number of aryl methyl sites for hydroxylation is 1. The van der Waals surface area contributed by atoms with Crippen molar-refractivity contribution in [2.45, 2.75) is 32.2 Å².